The first-order valence-electron chi connectivity index (χ1n) is 9.77. The Kier molecular flexibility index (Phi) is 4.87. The van der Waals surface area contributed by atoms with E-state index in [1.54, 1.807) is 14.2 Å². The van der Waals surface area contributed by atoms with Crippen molar-refractivity contribution in [1.82, 2.24) is 5.01 Å². The fraction of sp³-hybridized carbons (Fsp3) is 0.208. The Balaban J connectivity index is 1.58. The van der Waals surface area contributed by atoms with Crippen molar-refractivity contribution in [3.8, 4) is 17.2 Å². The normalized spacial score (nSPS) is 19.4. The minimum absolute atomic E-state index is 0.0968. The van der Waals surface area contributed by atoms with Crippen molar-refractivity contribution in [2.75, 3.05) is 14.2 Å². The summed E-state index contributed by atoms with van der Waals surface area (Å²) in [6, 6.07) is 22.4. The van der Waals surface area contributed by atoms with Crippen LogP contribution >= 0.6 is 15.9 Å². The Morgan fingerprint density at radius 2 is 1.77 bits per heavy atom. The number of hydrogen-bond donors (Lipinski definition) is 0. The lowest BCUT2D eigenvalue weighted by molar-refractivity contribution is -0.0190. The highest BCUT2D eigenvalue weighted by Gasteiger charge is 2.41. The zero-order chi connectivity index (χ0) is 20.7. The fourth-order valence-corrected chi connectivity index (χ4v) is 4.46. The molecule has 2 heterocycles. The molecule has 0 spiro atoms. The van der Waals surface area contributed by atoms with Crippen LogP contribution in [0, 0.1) is 0 Å². The van der Waals surface area contributed by atoms with E-state index < -0.39 is 0 Å². The molecule has 0 radical (unpaired) electrons. The van der Waals surface area contributed by atoms with Crippen molar-refractivity contribution in [2.45, 2.75) is 18.7 Å². The number of ether oxygens (including phenoxy) is 3. The monoisotopic (exact) mass is 464 g/mol. The second kappa shape index (κ2) is 7.69. The molecule has 2 atom stereocenters. The number of benzene rings is 3. The van der Waals surface area contributed by atoms with Gasteiger partial charge in [0.05, 0.1) is 26.0 Å². The van der Waals surface area contributed by atoms with Crippen LogP contribution in [0.25, 0.3) is 0 Å². The van der Waals surface area contributed by atoms with Gasteiger partial charge in [-0.2, -0.15) is 5.10 Å². The summed E-state index contributed by atoms with van der Waals surface area (Å²) in [5.74, 6) is 2.30. The van der Waals surface area contributed by atoms with Crippen LogP contribution in [0.1, 0.15) is 35.4 Å². The molecule has 2 aliphatic heterocycles. The maximum absolute atomic E-state index is 6.41. The molecule has 6 heteroatoms. The molecular formula is C24H21BrN2O3. The van der Waals surface area contributed by atoms with E-state index in [0.29, 0.717) is 11.5 Å². The molecule has 0 saturated heterocycles. The summed E-state index contributed by atoms with van der Waals surface area (Å²) in [6.45, 7) is 0. The lowest BCUT2D eigenvalue weighted by Crippen LogP contribution is -2.33. The molecule has 0 fully saturated rings. The highest BCUT2D eigenvalue weighted by molar-refractivity contribution is 9.10. The van der Waals surface area contributed by atoms with Gasteiger partial charge in [0.15, 0.2) is 11.5 Å². The number of nitrogens with zero attached hydrogens (tertiary/aromatic N) is 2. The Hall–Kier alpha value is -2.99. The molecule has 0 aliphatic carbocycles. The van der Waals surface area contributed by atoms with Crippen LogP contribution in [0.15, 0.2) is 76.3 Å². The van der Waals surface area contributed by atoms with Crippen LogP contribution in [0.4, 0.5) is 0 Å². The number of fused-ring (bicyclic) bond motifs is 3. The van der Waals surface area contributed by atoms with Gasteiger partial charge in [-0.15, -0.1) is 0 Å². The number of hydrogen-bond acceptors (Lipinski definition) is 5. The predicted molar refractivity (Wildman–Crippen MR) is 119 cm³/mol. The summed E-state index contributed by atoms with van der Waals surface area (Å²) < 4.78 is 18.3. The molecule has 0 amide bonds. The molecule has 0 aromatic heterocycles. The summed E-state index contributed by atoms with van der Waals surface area (Å²) in [6.07, 6.45) is 0.508. The minimum Gasteiger partial charge on any atom is -0.493 e. The molecule has 3 aromatic carbocycles. The van der Waals surface area contributed by atoms with E-state index in [0.717, 1.165) is 39.0 Å². The Bertz CT molecular complexity index is 1120. The third-order valence-corrected chi connectivity index (χ3v) is 6.05. The zero-order valence-electron chi connectivity index (χ0n) is 16.7. The highest BCUT2D eigenvalue weighted by Crippen LogP contribution is 2.48. The Morgan fingerprint density at radius 3 is 2.53 bits per heavy atom. The summed E-state index contributed by atoms with van der Waals surface area (Å²) in [5.41, 5.74) is 4.23. The van der Waals surface area contributed by atoms with Crippen LogP contribution in [-0.2, 0) is 0 Å². The number of halogens is 1. The largest absolute Gasteiger partial charge is 0.493 e. The van der Waals surface area contributed by atoms with Gasteiger partial charge in [-0.05, 0) is 36.4 Å². The molecule has 0 saturated carbocycles. The van der Waals surface area contributed by atoms with Gasteiger partial charge in [0.1, 0.15) is 5.75 Å². The van der Waals surface area contributed by atoms with Crippen molar-refractivity contribution in [2.24, 2.45) is 5.10 Å². The maximum atomic E-state index is 6.41. The molecule has 0 N–H and O–H groups in total. The molecule has 30 heavy (non-hydrogen) atoms. The van der Waals surface area contributed by atoms with E-state index >= 15 is 0 Å². The lowest BCUT2D eigenvalue weighted by Gasteiger charge is -2.38. The quantitative estimate of drug-likeness (QED) is 0.495. The molecule has 5 nitrogen and oxygen atoms in total. The van der Waals surface area contributed by atoms with Gasteiger partial charge in [-0.1, -0.05) is 46.3 Å². The average Bonchev–Trinajstić information content (AvgIpc) is 3.24. The maximum Gasteiger partial charge on any atom is 0.213 e. The number of methoxy groups -OCH3 is 2. The molecule has 152 valence electrons. The Labute approximate surface area is 184 Å². The van der Waals surface area contributed by atoms with Crippen LogP contribution in [-0.4, -0.2) is 24.9 Å². The van der Waals surface area contributed by atoms with E-state index in [-0.39, 0.29) is 12.3 Å². The Morgan fingerprint density at radius 1 is 0.967 bits per heavy atom. The van der Waals surface area contributed by atoms with Gasteiger partial charge in [0.25, 0.3) is 0 Å². The van der Waals surface area contributed by atoms with Gasteiger partial charge in [0, 0.05) is 27.6 Å². The summed E-state index contributed by atoms with van der Waals surface area (Å²) >= 11 is 3.60. The first kappa shape index (κ1) is 19.0. The summed E-state index contributed by atoms with van der Waals surface area (Å²) in [5, 5.41) is 7.09. The van der Waals surface area contributed by atoms with Gasteiger partial charge in [-0.3, -0.25) is 0 Å². The van der Waals surface area contributed by atoms with Crippen LogP contribution in [0.3, 0.4) is 0 Å². The van der Waals surface area contributed by atoms with Gasteiger partial charge in [0.2, 0.25) is 6.23 Å². The standard InChI is InChI=1S/C24H21BrN2O3/c1-28-22-10-8-16(12-23(22)29-2)19-14-20-18-13-17(25)9-11-21(18)30-24(27(20)26-19)15-6-4-3-5-7-15/h3-13,20,24H,14H2,1-2H3/t20-,24-/m1/s1. The molecule has 2 aliphatic rings. The average molecular weight is 465 g/mol. The lowest BCUT2D eigenvalue weighted by atomic mass is 9.96. The molecular weight excluding hydrogens is 444 g/mol. The van der Waals surface area contributed by atoms with Gasteiger partial charge in [-0.25, -0.2) is 5.01 Å². The van der Waals surface area contributed by atoms with Crippen LogP contribution in [0.5, 0.6) is 17.2 Å². The third-order valence-electron chi connectivity index (χ3n) is 5.55. The number of rotatable bonds is 4. The van der Waals surface area contributed by atoms with Crippen LogP contribution in [0.2, 0.25) is 0 Å². The first-order chi connectivity index (χ1) is 14.7. The fourth-order valence-electron chi connectivity index (χ4n) is 4.09. The topological polar surface area (TPSA) is 43.3 Å². The van der Waals surface area contributed by atoms with E-state index in [2.05, 4.69) is 39.1 Å². The highest BCUT2D eigenvalue weighted by atomic mass is 79.9. The van der Waals surface area contributed by atoms with Crippen molar-refractivity contribution < 1.29 is 14.2 Å². The van der Waals surface area contributed by atoms with Crippen molar-refractivity contribution in [1.29, 1.82) is 0 Å². The van der Waals surface area contributed by atoms with Crippen molar-refractivity contribution >= 4 is 21.6 Å². The van der Waals surface area contributed by atoms with Gasteiger partial charge < -0.3 is 14.2 Å². The van der Waals surface area contributed by atoms with Crippen LogP contribution < -0.4 is 14.2 Å². The summed E-state index contributed by atoms with van der Waals surface area (Å²) in [7, 11) is 3.29. The SMILES string of the molecule is COc1ccc(C2=NN3[C@H](C2)c2cc(Br)ccc2O[C@@H]3c2ccccc2)cc1OC. The molecule has 3 aromatic rings. The first-order valence-corrected chi connectivity index (χ1v) is 10.6. The van der Waals surface area contributed by atoms with E-state index in [1.165, 1.54) is 0 Å². The second-order valence-corrected chi connectivity index (χ2v) is 8.20. The predicted octanol–water partition coefficient (Wildman–Crippen LogP) is 5.71. The molecule has 0 unspecified atom stereocenters. The zero-order valence-corrected chi connectivity index (χ0v) is 18.3. The molecule has 0 bridgehead atoms. The number of hydrazone groups is 1. The van der Waals surface area contributed by atoms with Gasteiger partial charge >= 0.3 is 0 Å². The van der Waals surface area contributed by atoms with E-state index in [1.807, 2.05) is 48.5 Å². The van der Waals surface area contributed by atoms with E-state index in [4.69, 9.17) is 19.3 Å². The minimum atomic E-state index is -0.275. The van der Waals surface area contributed by atoms with Crippen molar-refractivity contribution in [3.63, 3.8) is 0 Å². The summed E-state index contributed by atoms with van der Waals surface area (Å²) in [4.78, 5) is 0. The third kappa shape index (κ3) is 3.21. The molecule has 5 rings (SSSR count). The second-order valence-electron chi connectivity index (χ2n) is 7.28. The smallest absolute Gasteiger partial charge is 0.213 e. The van der Waals surface area contributed by atoms with Crippen molar-refractivity contribution in [3.05, 3.63) is 87.9 Å². The van der Waals surface area contributed by atoms with E-state index in [9.17, 15) is 0 Å².